The van der Waals surface area contributed by atoms with Crippen LogP contribution in [0.1, 0.15) is 53.4 Å². The van der Waals surface area contributed by atoms with Crippen LogP contribution in [0.3, 0.4) is 0 Å². The number of piperidine rings is 1. The van der Waals surface area contributed by atoms with Gasteiger partial charge in [0, 0.05) is 38.6 Å². The maximum absolute atomic E-state index is 12.4. The topological polar surface area (TPSA) is 61.9 Å². The molecular weight excluding hydrogens is 294 g/mol. The van der Waals surface area contributed by atoms with Crippen LogP contribution < -0.4 is 5.32 Å². The van der Waals surface area contributed by atoms with Crippen molar-refractivity contribution in [3.8, 4) is 0 Å². The van der Waals surface area contributed by atoms with E-state index in [0.29, 0.717) is 0 Å². The van der Waals surface area contributed by atoms with Gasteiger partial charge in [-0.25, -0.2) is 4.79 Å². The van der Waals surface area contributed by atoms with Gasteiger partial charge in [-0.2, -0.15) is 0 Å². The van der Waals surface area contributed by atoms with Gasteiger partial charge in [0.1, 0.15) is 5.60 Å². The van der Waals surface area contributed by atoms with Crippen LogP contribution in [0.15, 0.2) is 0 Å². The second kappa shape index (κ2) is 7.51. The Morgan fingerprint density at radius 3 is 2.52 bits per heavy atom. The molecular formula is C17H31N3O3. The zero-order valence-electron chi connectivity index (χ0n) is 14.9. The lowest BCUT2D eigenvalue weighted by Gasteiger charge is -2.36. The fraction of sp³-hybridized carbons (Fsp3) is 0.882. The molecule has 0 aliphatic carbocycles. The molecule has 2 heterocycles. The molecule has 2 fully saturated rings. The van der Waals surface area contributed by atoms with Gasteiger partial charge in [-0.1, -0.05) is 0 Å². The maximum atomic E-state index is 12.4. The summed E-state index contributed by atoms with van der Waals surface area (Å²) in [4.78, 5) is 27.8. The molecule has 0 aromatic rings. The molecule has 1 N–H and O–H groups in total. The summed E-state index contributed by atoms with van der Waals surface area (Å²) >= 11 is 0. The number of carbonyl (C=O) groups is 2. The summed E-state index contributed by atoms with van der Waals surface area (Å²) in [5, 5.41) is 3.02. The Morgan fingerprint density at radius 2 is 1.87 bits per heavy atom. The summed E-state index contributed by atoms with van der Waals surface area (Å²) in [5.74, 6) is 0.0353. The van der Waals surface area contributed by atoms with Crippen molar-refractivity contribution in [3.05, 3.63) is 0 Å². The Balaban J connectivity index is 1.88. The van der Waals surface area contributed by atoms with Gasteiger partial charge in [-0.3, -0.25) is 9.69 Å². The monoisotopic (exact) mass is 325 g/mol. The summed E-state index contributed by atoms with van der Waals surface area (Å²) in [6.45, 7) is 10.8. The second-order valence-corrected chi connectivity index (χ2v) is 7.77. The molecule has 0 saturated carbocycles. The molecule has 2 rings (SSSR count). The third-order valence-electron chi connectivity index (χ3n) is 4.39. The summed E-state index contributed by atoms with van der Waals surface area (Å²) in [6.07, 6.45) is 3.99. The molecule has 2 aliphatic rings. The van der Waals surface area contributed by atoms with Crippen molar-refractivity contribution >= 4 is 12.0 Å². The number of likely N-dealkylation sites (tertiary alicyclic amines) is 2. The van der Waals surface area contributed by atoms with Crippen LogP contribution in [-0.4, -0.2) is 65.7 Å². The van der Waals surface area contributed by atoms with E-state index in [9.17, 15) is 9.59 Å². The number of nitrogens with one attached hydrogen (secondary N) is 1. The third-order valence-corrected chi connectivity index (χ3v) is 4.39. The number of ether oxygens (including phenoxy) is 1. The van der Waals surface area contributed by atoms with Crippen LogP contribution in [0, 0.1) is 0 Å². The van der Waals surface area contributed by atoms with E-state index in [4.69, 9.17) is 4.74 Å². The quantitative estimate of drug-likeness (QED) is 0.862. The van der Waals surface area contributed by atoms with Gasteiger partial charge in [0.05, 0.1) is 0 Å². The molecule has 0 aromatic carbocycles. The van der Waals surface area contributed by atoms with Gasteiger partial charge in [0.15, 0.2) is 0 Å². The zero-order chi connectivity index (χ0) is 17.0. The van der Waals surface area contributed by atoms with E-state index in [2.05, 4.69) is 10.2 Å². The van der Waals surface area contributed by atoms with Crippen LogP contribution in [0.5, 0.6) is 0 Å². The summed E-state index contributed by atoms with van der Waals surface area (Å²) < 4.78 is 5.53. The number of rotatable bonds is 3. The highest BCUT2D eigenvalue weighted by Gasteiger charge is 2.34. The summed E-state index contributed by atoms with van der Waals surface area (Å²) in [5.41, 5.74) is -0.453. The van der Waals surface area contributed by atoms with Crippen LogP contribution in [-0.2, 0) is 9.53 Å². The Bertz CT molecular complexity index is 433. The van der Waals surface area contributed by atoms with E-state index >= 15 is 0 Å². The lowest BCUT2D eigenvalue weighted by Crippen LogP contribution is -2.51. The maximum Gasteiger partial charge on any atom is 0.410 e. The lowest BCUT2D eigenvalue weighted by molar-refractivity contribution is -0.120. The first kappa shape index (κ1) is 18.0. The smallest absolute Gasteiger partial charge is 0.410 e. The number of nitrogens with zero attached hydrogens (tertiary/aromatic N) is 2. The molecule has 0 bridgehead atoms. The van der Waals surface area contributed by atoms with E-state index < -0.39 is 5.60 Å². The molecule has 2 saturated heterocycles. The van der Waals surface area contributed by atoms with Crippen molar-refractivity contribution in [3.63, 3.8) is 0 Å². The zero-order valence-corrected chi connectivity index (χ0v) is 14.9. The van der Waals surface area contributed by atoms with Gasteiger partial charge in [0.2, 0.25) is 5.91 Å². The first-order valence-electron chi connectivity index (χ1n) is 8.73. The predicted molar refractivity (Wildman–Crippen MR) is 89.2 cm³/mol. The van der Waals surface area contributed by atoms with Crippen molar-refractivity contribution in [1.29, 1.82) is 0 Å². The highest BCUT2D eigenvalue weighted by molar-refractivity contribution is 5.73. The first-order chi connectivity index (χ1) is 10.7. The number of amides is 2. The van der Waals surface area contributed by atoms with E-state index in [1.165, 1.54) is 0 Å². The van der Waals surface area contributed by atoms with Gasteiger partial charge >= 0.3 is 6.09 Å². The molecule has 6 heteroatoms. The van der Waals surface area contributed by atoms with Crippen molar-refractivity contribution in [1.82, 2.24) is 15.1 Å². The second-order valence-electron chi connectivity index (χ2n) is 7.77. The Labute approximate surface area is 139 Å². The molecule has 0 spiro atoms. The van der Waals surface area contributed by atoms with Gasteiger partial charge < -0.3 is 15.0 Å². The Hall–Kier alpha value is -1.30. The van der Waals surface area contributed by atoms with Crippen LogP contribution in [0.25, 0.3) is 0 Å². The van der Waals surface area contributed by atoms with Crippen molar-refractivity contribution in [2.75, 3.05) is 26.2 Å². The van der Waals surface area contributed by atoms with E-state index in [0.717, 1.165) is 51.9 Å². The average molecular weight is 325 g/mol. The van der Waals surface area contributed by atoms with Gasteiger partial charge in [-0.15, -0.1) is 0 Å². The minimum absolute atomic E-state index is 0.0353. The molecule has 2 amide bonds. The molecule has 2 atom stereocenters. The Kier molecular flexibility index (Phi) is 5.89. The molecule has 0 radical (unpaired) electrons. The fourth-order valence-electron chi connectivity index (χ4n) is 3.51. The van der Waals surface area contributed by atoms with Crippen molar-refractivity contribution < 1.29 is 14.3 Å². The lowest BCUT2D eigenvalue weighted by atomic mass is 10.0. The largest absolute Gasteiger partial charge is 0.444 e. The van der Waals surface area contributed by atoms with Crippen molar-refractivity contribution in [2.45, 2.75) is 71.1 Å². The van der Waals surface area contributed by atoms with Crippen LogP contribution in [0.4, 0.5) is 4.79 Å². The van der Waals surface area contributed by atoms with E-state index in [1.807, 2.05) is 25.7 Å². The standard InChI is InChI=1S/C17H31N3O3/c1-13(21)18-14-7-5-9-19(11-14)12-15-8-6-10-20(15)16(22)23-17(2,3)4/h14-15H,5-12H2,1-4H3,(H,18,21)/t14-,15+/m1/s1. The Morgan fingerprint density at radius 1 is 1.17 bits per heavy atom. The SMILES string of the molecule is CC(=O)N[C@@H]1CCCN(C[C@@H]2CCCN2C(=O)OC(C)(C)C)C1. The van der Waals surface area contributed by atoms with Gasteiger partial charge in [0.25, 0.3) is 0 Å². The van der Waals surface area contributed by atoms with Crippen LogP contribution in [0.2, 0.25) is 0 Å². The average Bonchev–Trinajstić information content (AvgIpc) is 2.84. The van der Waals surface area contributed by atoms with E-state index in [-0.39, 0.29) is 24.1 Å². The van der Waals surface area contributed by atoms with E-state index in [1.54, 1.807) is 6.92 Å². The molecule has 0 unspecified atom stereocenters. The highest BCUT2D eigenvalue weighted by Crippen LogP contribution is 2.23. The first-order valence-corrected chi connectivity index (χ1v) is 8.73. The number of hydrogen-bond acceptors (Lipinski definition) is 4. The minimum atomic E-state index is -0.453. The highest BCUT2D eigenvalue weighted by atomic mass is 16.6. The van der Waals surface area contributed by atoms with Crippen molar-refractivity contribution in [2.24, 2.45) is 0 Å². The molecule has 23 heavy (non-hydrogen) atoms. The molecule has 2 aliphatic heterocycles. The van der Waals surface area contributed by atoms with Crippen LogP contribution >= 0.6 is 0 Å². The normalized spacial score (nSPS) is 26.2. The molecule has 6 nitrogen and oxygen atoms in total. The predicted octanol–water partition coefficient (Wildman–Crippen LogP) is 1.99. The minimum Gasteiger partial charge on any atom is -0.444 e. The number of carbonyl (C=O) groups excluding carboxylic acids is 2. The third kappa shape index (κ3) is 5.68. The fourth-order valence-corrected chi connectivity index (χ4v) is 3.51. The molecule has 0 aromatic heterocycles. The summed E-state index contributed by atoms with van der Waals surface area (Å²) in [7, 11) is 0. The number of hydrogen-bond donors (Lipinski definition) is 1. The van der Waals surface area contributed by atoms with Gasteiger partial charge in [-0.05, 0) is 53.0 Å². The molecule has 132 valence electrons. The summed E-state index contributed by atoms with van der Waals surface area (Å²) in [6, 6.07) is 0.457.